The van der Waals surface area contributed by atoms with Crippen molar-refractivity contribution in [1.82, 2.24) is 0 Å². The van der Waals surface area contributed by atoms with Gasteiger partial charge in [0.2, 0.25) is 0 Å². The van der Waals surface area contributed by atoms with Crippen molar-refractivity contribution in [1.29, 1.82) is 0 Å². The predicted octanol–water partition coefficient (Wildman–Crippen LogP) is 1.07. The van der Waals surface area contributed by atoms with E-state index in [2.05, 4.69) is 5.92 Å². The number of rotatable bonds is 1. The molecule has 0 saturated heterocycles. The van der Waals surface area contributed by atoms with Gasteiger partial charge in [0.15, 0.2) is 0 Å². The number of hydrogen-bond donors (Lipinski definition) is 1. The third-order valence-corrected chi connectivity index (χ3v) is 1.43. The number of halogens is 1. The Labute approximate surface area is 79.2 Å². The number of hydrogen-bond acceptors (Lipinski definition) is 2. The van der Waals surface area contributed by atoms with E-state index in [1.807, 2.05) is 0 Å². The van der Waals surface area contributed by atoms with Crippen molar-refractivity contribution < 1.29 is 19.1 Å². The molecule has 1 aromatic rings. The minimum absolute atomic E-state index is 0.1000. The van der Waals surface area contributed by atoms with Gasteiger partial charge in [0.1, 0.15) is 12.1 Å². The number of carbonyl (C=O) groups excluding carboxylic acids is 1. The Hall–Kier alpha value is -2.15. The third-order valence-electron chi connectivity index (χ3n) is 1.43. The van der Waals surface area contributed by atoms with Crippen LogP contribution in [0.4, 0.5) is 4.39 Å². The maximum atomic E-state index is 12.9. The molecule has 70 valence electrons. The molecule has 4 heteroatoms. The van der Waals surface area contributed by atoms with Crippen LogP contribution in [-0.4, -0.2) is 17.4 Å². The summed E-state index contributed by atoms with van der Waals surface area (Å²) in [5.41, 5.74) is 0.151. The second kappa shape index (κ2) is 4.19. The lowest BCUT2D eigenvalue weighted by Crippen LogP contribution is -1.90. The van der Waals surface area contributed by atoms with Gasteiger partial charge in [0, 0.05) is 11.5 Å². The molecule has 1 aromatic carbocycles. The van der Waals surface area contributed by atoms with Crippen molar-refractivity contribution in [2.75, 3.05) is 0 Å². The Bertz CT molecular complexity index is 440. The second-order valence-electron chi connectivity index (χ2n) is 2.41. The van der Waals surface area contributed by atoms with Crippen LogP contribution in [0.25, 0.3) is 0 Å². The molecule has 0 spiro atoms. The van der Waals surface area contributed by atoms with Crippen LogP contribution in [0.15, 0.2) is 18.2 Å². The first-order chi connectivity index (χ1) is 6.63. The van der Waals surface area contributed by atoms with E-state index in [1.165, 1.54) is 12.1 Å². The van der Waals surface area contributed by atoms with Gasteiger partial charge in [-0.05, 0) is 18.2 Å². The van der Waals surface area contributed by atoms with E-state index in [-0.39, 0.29) is 11.1 Å². The Morgan fingerprint density at radius 1 is 1.50 bits per heavy atom. The molecule has 0 atom stereocenters. The summed E-state index contributed by atoms with van der Waals surface area (Å²) in [5.74, 6) is 1.87. The molecule has 0 aliphatic rings. The highest BCUT2D eigenvalue weighted by Crippen LogP contribution is 2.07. The minimum atomic E-state index is -1.35. The normalized spacial score (nSPS) is 8.64. The van der Waals surface area contributed by atoms with Gasteiger partial charge in [-0.25, -0.2) is 9.18 Å². The van der Waals surface area contributed by atoms with Crippen LogP contribution < -0.4 is 0 Å². The van der Waals surface area contributed by atoms with Gasteiger partial charge in [-0.2, -0.15) is 0 Å². The van der Waals surface area contributed by atoms with Crippen LogP contribution in [0.3, 0.4) is 0 Å². The van der Waals surface area contributed by atoms with Gasteiger partial charge in [-0.15, -0.1) is 0 Å². The van der Waals surface area contributed by atoms with E-state index in [4.69, 9.17) is 5.11 Å². The molecule has 0 radical (unpaired) electrons. The molecular formula is C10H5FO3. The molecule has 0 heterocycles. The first-order valence-electron chi connectivity index (χ1n) is 3.63. The molecule has 0 saturated carbocycles. The maximum absolute atomic E-state index is 12.9. The lowest BCUT2D eigenvalue weighted by Gasteiger charge is -1.94. The predicted molar refractivity (Wildman–Crippen MR) is 46.3 cm³/mol. The van der Waals surface area contributed by atoms with Crippen LogP contribution in [-0.2, 0) is 4.79 Å². The molecular weight excluding hydrogens is 187 g/mol. The van der Waals surface area contributed by atoms with Crippen molar-refractivity contribution in [2.24, 2.45) is 0 Å². The third kappa shape index (κ3) is 2.42. The number of carboxylic acid groups (broad SMARTS) is 1. The largest absolute Gasteiger partial charge is 0.472 e. The Balaban J connectivity index is 3.14. The number of carbonyl (C=O) groups is 2. The highest BCUT2D eigenvalue weighted by Gasteiger charge is 2.00. The van der Waals surface area contributed by atoms with Crippen LogP contribution in [0.1, 0.15) is 15.9 Å². The number of benzene rings is 1. The molecule has 0 aliphatic heterocycles. The van der Waals surface area contributed by atoms with E-state index >= 15 is 0 Å². The van der Waals surface area contributed by atoms with E-state index in [0.29, 0.717) is 6.29 Å². The maximum Gasteiger partial charge on any atom is 0.382 e. The molecule has 14 heavy (non-hydrogen) atoms. The van der Waals surface area contributed by atoms with E-state index in [9.17, 15) is 14.0 Å². The van der Waals surface area contributed by atoms with Gasteiger partial charge in [0.05, 0.1) is 5.56 Å². The molecule has 0 aromatic heterocycles. The van der Waals surface area contributed by atoms with E-state index in [1.54, 1.807) is 5.92 Å². The van der Waals surface area contributed by atoms with Gasteiger partial charge in [-0.1, -0.05) is 5.92 Å². The summed E-state index contributed by atoms with van der Waals surface area (Å²) in [6, 6.07) is 3.54. The standard InChI is InChI=1S/C10H5FO3/c11-9-3-1-7(6-12)5-8(9)2-4-10(13)14/h1,3,5-6H,(H,13,14). The van der Waals surface area contributed by atoms with Crippen LogP contribution in [0.2, 0.25) is 0 Å². The topological polar surface area (TPSA) is 54.4 Å². The SMILES string of the molecule is O=Cc1ccc(F)c(C#CC(=O)O)c1. The van der Waals surface area contributed by atoms with E-state index in [0.717, 1.165) is 6.07 Å². The average Bonchev–Trinajstić information content (AvgIpc) is 2.16. The summed E-state index contributed by atoms with van der Waals surface area (Å²) >= 11 is 0. The molecule has 1 N–H and O–H groups in total. The molecule has 0 fully saturated rings. The lowest BCUT2D eigenvalue weighted by atomic mass is 10.1. The fraction of sp³-hybridized carbons (Fsp3) is 0. The van der Waals surface area contributed by atoms with Crippen molar-refractivity contribution in [3.8, 4) is 11.8 Å². The summed E-state index contributed by atoms with van der Waals surface area (Å²) in [4.78, 5) is 20.4. The molecule has 3 nitrogen and oxygen atoms in total. The quantitative estimate of drug-likeness (QED) is 0.535. The van der Waals surface area contributed by atoms with Gasteiger partial charge >= 0.3 is 5.97 Å². The number of aldehydes is 1. The Kier molecular flexibility index (Phi) is 2.97. The van der Waals surface area contributed by atoms with Crippen LogP contribution in [0, 0.1) is 17.7 Å². The fourth-order valence-electron chi connectivity index (χ4n) is 0.833. The van der Waals surface area contributed by atoms with Crippen molar-refractivity contribution >= 4 is 12.3 Å². The first-order valence-corrected chi connectivity index (χ1v) is 3.63. The van der Waals surface area contributed by atoms with E-state index < -0.39 is 11.8 Å². The van der Waals surface area contributed by atoms with Gasteiger partial charge < -0.3 is 5.11 Å². The Morgan fingerprint density at radius 2 is 2.21 bits per heavy atom. The zero-order valence-corrected chi connectivity index (χ0v) is 6.95. The summed E-state index contributed by atoms with van der Waals surface area (Å²) < 4.78 is 12.9. The molecule has 1 rings (SSSR count). The molecule has 0 amide bonds. The summed E-state index contributed by atoms with van der Waals surface area (Å²) in [5, 5.41) is 8.23. The minimum Gasteiger partial charge on any atom is -0.472 e. The average molecular weight is 192 g/mol. The number of carboxylic acids is 1. The monoisotopic (exact) mass is 192 g/mol. The highest BCUT2D eigenvalue weighted by atomic mass is 19.1. The van der Waals surface area contributed by atoms with Crippen molar-refractivity contribution in [3.05, 3.63) is 35.1 Å². The zero-order chi connectivity index (χ0) is 10.6. The van der Waals surface area contributed by atoms with Gasteiger partial charge in [-0.3, -0.25) is 4.79 Å². The molecule has 0 bridgehead atoms. The molecule has 0 aliphatic carbocycles. The summed E-state index contributed by atoms with van der Waals surface area (Å²) in [6.45, 7) is 0. The zero-order valence-electron chi connectivity index (χ0n) is 6.95. The number of aliphatic carboxylic acids is 1. The lowest BCUT2D eigenvalue weighted by molar-refractivity contribution is -0.130. The van der Waals surface area contributed by atoms with Crippen molar-refractivity contribution in [3.63, 3.8) is 0 Å². The van der Waals surface area contributed by atoms with Gasteiger partial charge in [0.25, 0.3) is 0 Å². The smallest absolute Gasteiger partial charge is 0.382 e. The second-order valence-corrected chi connectivity index (χ2v) is 2.41. The summed E-state index contributed by atoms with van der Waals surface area (Å²) in [7, 11) is 0. The fourth-order valence-corrected chi connectivity index (χ4v) is 0.833. The summed E-state index contributed by atoms with van der Waals surface area (Å²) in [6.07, 6.45) is 0.533. The first kappa shape index (κ1) is 9.93. The van der Waals surface area contributed by atoms with Crippen LogP contribution in [0.5, 0.6) is 0 Å². The van der Waals surface area contributed by atoms with Crippen molar-refractivity contribution in [2.45, 2.75) is 0 Å². The molecule has 0 unspecified atom stereocenters. The highest BCUT2D eigenvalue weighted by molar-refractivity contribution is 5.87. The Morgan fingerprint density at radius 3 is 2.79 bits per heavy atom. The van der Waals surface area contributed by atoms with Crippen LogP contribution >= 0.6 is 0 Å².